The highest BCUT2D eigenvalue weighted by Crippen LogP contribution is 2.18. The molecule has 2 amide bonds. The number of hydrogen-bond donors (Lipinski definition) is 3. The number of carbonyl (C=O) groups is 1. The SMILES string of the molecule is Cc1ccc(CN2CCC(CNC(=O)N[C@H](C)CCO)CC2)cc1. The molecule has 2 rings (SSSR count). The van der Waals surface area contributed by atoms with E-state index in [4.69, 9.17) is 5.11 Å². The molecule has 1 aromatic rings. The average molecular weight is 333 g/mol. The van der Waals surface area contributed by atoms with Crippen LogP contribution >= 0.6 is 0 Å². The fourth-order valence-corrected chi connectivity index (χ4v) is 3.08. The molecular formula is C19H31N3O2. The van der Waals surface area contributed by atoms with Crippen LogP contribution in [0.25, 0.3) is 0 Å². The highest BCUT2D eigenvalue weighted by atomic mass is 16.3. The Bertz CT molecular complexity index is 496. The average Bonchev–Trinajstić information content (AvgIpc) is 2.56. The molecule has 1 aliphatic rings. The minimum Gasteiger partial charge on any atom is -0.396 e. The van der Waals surface area contributed by atoms with Gasteiger partial charge < -0.3 is 15.7 Å². The summed E-state index contributed by atoms with van der Waals surface area (Å²) in [6.07, 6.45) is 2.83. The van der Waals surface area contributed by atoms with Gasteiger partial charge in [0.15, 0.2) is 0 Å². The summed E-state index contributed by atoms with van der Waals surface area (Å²) in [7, 11) is 0. The largest absolute Gasteiger partial charge is 0.396 e. The van der Waals surface area contributed by atoms with E-state index in [0.29, 0.717) is 12.3 Å². The van der Waals surface area contributed by atoms with E-state index in [-0.39, 0.29) is 18.7 Å². The molecule has 1 atom stereocenters. The Balaban J connectivity index is 1.64. The molecular weight excluding hydrogens is 302 g/mol. The molecule has 5 nitrogen and oxygen atoms in total. The molecule has 134 valence electrons. The summed E-state index contributed by atoms with van der Waals surface area (Å²) in [4.78, 5) is 14.3. The molecule has 0 radical (unpaired) electrons. The van der Waals surface area contributed by atoms with Gasteiger partial charge in [-0.1, -0.05) is 29.8 Å². The van der Waals surface area contributed by atoms with Gasteiger partial charge in [-0.3, -0.25) is 4.90 Å². The summed E-state index contributed by atoms with van der Waals surface area (Å²) >= 11 is 0. The maximum absolute atomic E-state index is 11.8. The number of amides is 2. The molecule has 1 aliphatic heterocycles. The monoisotopic (exact) mass is 333 g/mol. The van der Waals surface area contributed by atoms with E-state index >= 15 is 0 Å². The predicted molar refractivity (Wildman–Crippen MR) is 96.9 cm³/mol. The lowest BCUT2D eigenvalue weighted by Crippen LogP contribution is -2.44. The Hall–Kier alpha value is -1.59. The van der Waals surface area contributed by atoms with E-state index < -0.39 is 0 Å². The Kier molecular flexibility index (Phi) is 7.53. The first-order valence-electron chi connectivity index (χ1n) is 9.00. The van der Waals surface area contributed by atoms with E-state index in [1.54, 1.807) is 0 Å². The summed E-state index contributed by atoms with van der Waals surface area (Å²) in [5.74, 6) is 0.554. The molecule has 3 N–H and O–H groups in total. The third kappa shape index (κ3) is 6.49. The number of aliphatic hydroxyl groups excluding tert-OH is 1. The number of aryl methyl sites for hydroxylation is 1. The van der Waals surface area contributed by atoms with E-state index in [2.05, 4.69) is 46.7 Å². The lowest BCUT2D eigenvalue weighted by Gasteiger charge is -2.32. The number of likely N-dealkylation sites (tertiary alicyclic amines) is 1. The van der Waals surface area contributed by atoms with Crippen molar-refractivity contribution in [3.63, 3.8) is 0 Å². The minimum absolute atomic E-state index is 0.00589. The van der Waals surface area contributed by atoms with Gasteiger partial charge in [0, 0.05) is 25.7 Å². The van der Waals surface area contributed by atoms with Crippen molar-refractivity contribution >= 4 is 6.03 Å². The van der Waals surface area contributed by atoms with E-state index in [1.807, 2.05) is 6.92 Å². The van der Waals surface area contributed by atoms with Crippen LogP contribution in [0.4, 0.5) is 4.79 Å². The summed E-state index contributed by atoms with van der Waals surface area (Å²) in [5, 5.41) is 14.7. The molecule has 24 heavy (non-hydrogen) atoms. The Morgan fingerprint density at radius 2 is 1.96 bits per heavy atom. The number of nitrogens with zero attached hydrogens (tertiary/aromatic N) is 1. The summed E-state index contributed by atoms with van der Waals surface area (Å²) in [5.41, 5.74) is 2.67. The van der Waals surface area contributed by atoms with Gasteiger partial charge in [0.1, 0.15) is 0 Å². The van der Waals surface area contributed by atoms with Gasteiger partial charge in [0.05, 0.1) is 0 Å². The van der Waals surface area contributed by atoms with Crippen molar-refractivity contribution in [3.05, 3.63) is 35.4 Å². The van der Waals surface area contributed by atoms with Crippen molar-refractivity contribution in [2.24, 2.45) is 5.92 Å². The topological polar surface area (TPSA) is 64.6 Å². The quantitative estimate of drug-likeness (QED) is 0.717. The minimum atomic E-state index is -0.127. The zero-order valence-corrected chi connectivity index (χ0v) is 14.9. The lowest BCUT2D eigenvalue weighted by molar-refractivity contribution is 0.174. The van der Waals surface area contributed by atoms with Gasteiger partial charge in [-0.15, -0.1) is 0 Å². The van der Waals surface area contributed by atoms with Crippen LogP contribution in [-0.4, -0.2) is 48.3 Å². The molecule has 5 heteroatoms. The zero-order chi connectivity index (χ0) is 17.4. The second kappa shape index (κ2) is 9.64. The summed E-state index contributed by atoms with van der Waals surface area (Å²) in [6.45, 7) is 8.03. The number of piperidine rings is 1. The number of benzene rings is 1. The molecule has 0 unspecified atom stereocenters. The van der Waals surface area contributed by atoms with Crippen LogP contribution < -0.4 is 10.6 Å². The highest BCUT2D eigenvalue weighted by molar-refractivity contribution is 5.74. The summed E-state index contributed by atoms with van der Waals surface area (Å²) < 4.78 is 0. The number of urea groups is 1. The molecule has 0 bridgehead atoms. The van der Waals surface area contributed by atoms with Gasteiger partial charge in [-0.05, 0) is 57.7 Å². The van der Waals surface area contributed by atoms with Crippen molar-refractivity contribution in [3.8, 4) is 0 Å². The normalized spacial score (nSPS) is 17.5. The van der Waals surface area contributed by atoms with Crippen molar-refractivity contribution in [1.29, 1.82) is 0 Å². The number of nitrogens with one attached hydrogen (secondary N) is 2. The molecule has 1 aromatic carbocycles. The van der Waals surface area contributed by atoms with Crippen molar-refractivity contribution in [2.45, 2.75) is 45.7 Å². The first kappa shape index (κ1) is 18.7. The van der Waals surface area contributed by atoms with Crippen LogP contribution in [0.15, 0.2) is 24.3 Å². The maximum Gasteiger partial charge on any atom is 0.315 e. The molecule has 1 saturated heterocycles. The summed E-state index contributed by atoms with van der Waals surface area (Å²) in [6, 6.07) is 8.64. The fourth-order valence-electron chi connectivity index (χ4n) is 3.08. The van der Waals surface area contributed by atoms with E-state index in [9.17, 15) is 4.79 Å². The number of hydrogen-bond acceptors (Lipinski definition) is 3. The molecule has 0 saturated carbocycles. The molecule has 1 heterocycles. The Morgan fingerprint density at radius 1 is 1.29 bits per heavy atom. The molecule has 0 aliphatic carbocycles. The highest BCUT2D eigenvalue weighted by Gasteiger charge is 2.20. The second-order valence-electron chi connectivity index (χ2n) is 6.97. The second-order valence-corrected chi connectivity index (χ2v) is 6.97. The van der Waals surface area contributed by atoms with E-state index in [0.717, 1.165) is 39.0 Å². The first-order chi connectivity index (χ1) is 11.6. The number of carbonyl (C=O) groups excluding carboxylic acids is 1. The van der Waals surface area contributed by atoms with Crippen LogP contribution in [0.5, 0.6) is 0 Å². The van der Waals surface area contributed by atoms with Crippen molar-refractivity contribution in [1.82, 2.24) is 15.5 Å². The smallest absolute Gasteiger partial charge is 0.315 e. The van der Waals surface area contributed by atoms with Crippen LogP contribution in [0.1, 0.15) is 37.3 Å². The van der Waals surface area contributed by atoms with Gasteiger partial charge in [0.2, 0.25) is 0 Å². The maximum atomic E-state index is 11.8. The predicted octanol–water partition coefficient (Wildman–Crippen LogP) is 2.28. The Labute approximate surface area is 145 Å². The van der Waals surface area contributed by atoms with Crippen LogP contribution in [-0.2, 0) is 6.54 Å². The van der Waals surface area contributed by atoms with Crippen LogP contribution in [0.3, 0.4) is 0 Å². The lowest BCUT2D eigenvalue weighted by atomic mass is 9.96. The van der Waals surface area contributed by atoms with E-state index in [1.165, 1.54) is 11.1 Å². The first-order valence-corrected chi connectivity index (χ1v) is 9.00. The van der Waals surface area contributed by atoms with Gasteiger partial charge in [-0.2, -0.15) is 0 Å². The third-order valence-electron chi connectivity index (χ3n) is 4.72. The zero-order valence-electron chi connectivity index (χ0n) is 14.9. The molecule has 0 spiro atoms. The molecule has 1 fully saturated rings. The third-order valence-corrected chi connectivity index (χ3v) is 4.72. The van der Waals surface area contributed by atoms with Crippen molar-refractivity contribution in [2.75, 3.05) is 26.2 Å². The van der Waals surface area contributed by atoms with Crippen LogP contribution in [0.2, 0.25) is 0 Å². The van der Waals surface area contributed by atoms with Crippen LogP contribution in [0, 0.1) is 12.8 Å². The standard InChI is InChI=1S/C19H31N3O2/c1-15-3-5-18(6-4-15)14-22-10-7-17(8-11-22)13-20-19(24)21-16(2)9-12-23/h3-6,16-17,23H,7-14H2,1-2H3,(H2,20,21,24)/t16-/m1/s1. The number of aliphatic hydroxyl groups is 1. The fraction of sp³-hybridized carbons (Fsp3) is 0.632. The van der Waals surface area contributed by atoms with Gasteiger partial charge in [-0.25, -0.2) is 4.79 Å². The number of rotatable bonds is 7. The molecule has 0 aromatic heterocycles. The van der Waals surface area contributed by atoms with Gasteiger partial charge in [0.25, 0.3) is 0 Å². The Morgan fingerprint density at radius 3 is 2.58 bits per heavy atom. The van der Waals surface area contributed by atoms with Gasteiger partial charge >= 0.3 is 6.03 Å². The van der Waals surface area contributed by atoms with Crippen molar-refractivity contribution < 1.29 is 9.90 Å².